The van der Waals surface area contributed by atoms with Crippen molar-refractivity contribution in [3.63, 3.8) is 0 Å². The molecule has 0 unspecified atom stereocenters. The van der Waals surface area contributed by atoms with E-state index in [1.807, 2.05) is 0 Å². The van der Waals surface area contributed by atoms with Crippen LogP contribution in [0.25, 0.3) is 11.4 Å². The van der Waals surface area contributed by atoms with Crippen LogP contribution in [0.3, 0.4) is 0 Å². The van der Waals surface area contributed by atoms with Gasteiger partial charge in [0, 0.05) is 23.7 Å². The zero-order valence-corrected chi connectivity index (χ0v) is 17.3. The molecule has 0 aliphatic carbocycles. The third-order valence-electron chi connectivity index (χ3n) is 4.27. The van der Waals surface area contributed by atoms with Crippen LogP contribution in [0.15, 0.2) is 28.8 Å². The molecule has 0 aliphatic rings. The number of nitrogens with zero attached hydrogens (tertiary/aromatic N) is 5. The van der Waals surface area contributed by atoms with Crippen molar-refractivity contribution in [3.8, 4) is 11.4 Å². The fraction of sp³-hybridized carbons (Fsp3) is 0.278. The monoisotopic (exact) mass is 447 g/mol. The smallest absolute Gasteiger partial charge is 0.316 e. The van der Waals surface area contributed by atoms with Crippen molar-refractivity contribution in [1.29, 1.82) is 0 Å². The predicted octanol–water partition coefficient (Wildman–Crippen LogP) is 1.66. The normalized spacial score (nSPS) is 10.7. The Morgan fingerprint density at radius 2 is 1.87 bits per heavy atom. The SMILES string of the molecule is Cc1nn(CC(=O)NCCNC(=O)c2nc(-c3ccc(Cl)cc3)no2)c(C)c1[N+](=O)[O-]. The van der Waals surface area contributed by atoms with Crippen molar-refractivity contribution >= 4 is 29.1 Å². The highest BCUT2D eigenvalue weighted by atomic mass is 35.5. The summed E-state index contributed by atoms with van der Waals surface area (Å²) in [5, 5.41) is 24.5. The summed E-state index contributed by atoms with van der Waals surface area (Å²) in [4.78, 5) is 38.7. The van der Waals surface area contributed by atoms with E-state index >= 15 is 0 Å². The second-order valence-corrected chi connectivity index (χ2v) is 6.91. The number of nitrogens with one attached hydrogen (secondary N) is 2. The largest absolute Gasteiger partial charge is 0.353 e. The molecular formula is C18H18ClN7O5. The predicted molar refractivity (Wildman–Crippen MR) is 108 cm³/mol. The number of carbonyl (C=O) groups excluding carboxylic acids is 2. The van der Waals surface area contributed by atoms with Gasteiger partial charge in [-0.05, 0) is 38.1 Å². The molecule has 2 heterocycles. The maximum absolute atomic E-state index is 12.1. The van der Waals surface area contributed by atoms with Crippen molar-refractivity contribution in [2.24, 2.45) is 0 Å². The first kappa shape index (κ1) is 21.9. The summed E-state index contributed by atoms with van der Waals surface area (Å²) < 4.78 is 6.22. The summed E-state index contributed by atoms with van der Waals surface area (Å²) in [5.74, 6) is -0.964. The van der Waals surface area contributed by atoms with E-state index in [1.54, 1.807) is 24.3 Å². The number of halogens is 1. The molecule has 12 nitrogen and oxygen atoms in total. The molecule has 0 saturated carbocycles. The molecule has 3 rings (SSSR count). The Hall–Kier alpha value is -3.80. The second-order valence-electron chi connectivity index (χ2n) is 6.47. The number of benzene rings is 1. The topological polar surface area (TPSA) is 158 Å². The summed E-state index contributed by atoms with van der Waals surface area (Å²) in [6.45, 7) is 3.09. The molecule has 0 saturated heterocycles. The minimum atomic E-state index is -0.587. The van der Waals surface area contributed by atoms with Gasteiger partial charge < -0.3 is 15.2 Å². The van der Waals surface area contributed by atoms with Crippen LogP contribution in [0.5, 0.6) is 0 Å². The van der Waals surface area contributed by atoms with Crippen molar-refractivity contribution in [2.45, 2.75) is 20.4 Å². The molecule has 2 aromatic heterocycles. The summed E-state index contributed by atoms with van der Waals surface area (Å²) in [7, 11) is 0. The van der Waals surface area contributed by atoms with Crippen LogP contribution in [0.1, 0.15) is 22.1 Å². The average molecular weight is 448 g/mol. The summed E-state index contributed by atoms with van der Waals surface area (Å²) in [6.07, 6.45) is 0. The first-order chi connectivity index (χ1) is 14.8. The van der Waals surface area contributed by atoms with Crippen LogP contribution >= 0.6 is 11.6 Å². The first-order valence-corrected chi connectivity index (χ1v) is 9.47. The van der Waals surface area contributed by atoms with Gasteiger partial charge in [0.05, 0.1) is 4.92 Å². The molecule has 1 aromatic carbocycles. The number of aryl methyl sites for hydroxylation is 1. The number of amides is 2. The summed E-state index contributed by atoms with van der Waals surface area (Å²) >= 11 is 5.83. The lowest BCUT2D eigenvalue weighted by Gasteiger charge is -2.06. The first-order valence-electron chi connectivity index (χ1n) is 9.09. The fourth-order valence-corrected chi connectivity index (χ4v) is 2.91. The molecule has 0 spiro atoms. The standard InChI is InChI=1S/C18H18ClN7O5/c1-10-15(26(29)30)11(2)25(23-10)9-14(27)20-7-8-21-17(28)18-22-16(24-31-18)12-3-5-13(19)6-4-12/h3-6H,7-9H2,1-2H3,(H,20,27)(H,21,28). The molecule has 0 aliphatic heterocycles. The quantitative estimate of drug-likeness (QED) is 0.299. The molecule has 0 fully saturated rings. The lowest BCUT2D eigenvalue weighted by Crippen LogP contribution is -2.36. The van der Waals surface area contributed by atoms with Gasteiger partial charge in [0.2, 0.25) is 11.7 Å². The van der Waals surface area contributed by atoms with Gasteiger partial charge in [-0.2, -0.15) is 10.1 Å². The Bertz CT molecular complexity index is 1120. The Morgan fingerprint density at radius 3 is 2.52 bits per heavy atom. The minimum Gasteiger partial charge on any atom is -0.353 e. The number of rotatable bonds is 8. The lowest BCUT2D eigenvalue weighted by molar-refractivity contribution is -0.386. The highest BCUT2D eigenvalue weighted by Crippen LogP contribution is 2.21. The third kappa shape index (κ3) is 5.22. The van der Waals surface area contributed by atoms with E-state index in [-0.39, 0.29) is 42.7 Å². The van der Waals surface area contributed by atoms with Gasteiger partial charge in [0.15, 0.2) is 0 Å². The zero-order chi connectivity index (χ0) is 22.5. The van der Waals surface area contributed by atoms with Gasteiger partial charge in [-0.15, -0.1) is 0 Å². The van der Waals surface area contributed by atoms with Crippen molar-refractivity contribution in [3.05, 3.63) is 56.7 Å². The van der Waals surface area contributed by atoms with Gasteiger partial charge in [0.1, 0.15) is 17.9 Å². The molecule has 0 atom stereocenters. The fourth-order valence-electron chi connectivity index (χ4n) is 2.78. The third-order valence-corrected chi connectivity index (χ3v) is 4.53. The molecule has 0 bridgehead atoms. The van der Waals surface area contributed by atoms with Crippen LogP contribution in [-0.2, 0) is 11.3 Å². The molecule has 3 aromatic rings. The zero-order valence-electron chi connectivity index (χ0n) is 16.6. The van der Waals surface area contributed by atoms with Crippen LogP contribution in [0.2, 0.25) is 5.02 Å². The maximum atomic E-state index is 12.1. The molecule has 2 amide bonds. The van der Waals surface area contributed by atoms with Crippen LogP contribution in [-0.4, -0.2) is 49.7 Å². The van der Waals surface area contributed by atoms with Crippen molar-refractivity contribution < 1.29 is 19.0 Å². The Kier molecular flexibility index (Phi) is 6.60. The van der Waals surface area contributed by atoms with E-state index in [9.17, 15) is 19.7 Å². The van der Waals surface area contributed by atoms with E-state index in [0.29, 0.717) is 16.3 Å². The van der Waals surface area contributed by atoms with Crippen molar-refractivity contribution in [2.75, 3.05) is 13.1 Å². The van der Waals surface area contributed by atoms with E-state index < -0.39 is 16.7 Å². The molecule has 13 heteroatoms. The van der Waals surface area contributed by atoms with E-state index in [4.69, 9.17) is 16.1 Å². The number of nitro groups is 1. The molecule has 2 N–H and O–H groups in total. The second kappa shape index (κ2) is 9.34. The summed E-state index contributed by atoms with van der Waals surface area (Å²) in [5.41, 5.74) is 1.06. The molecule has 0 radical (unpaired) electrons. The van der Waals surface area contributed by atoms with E-state index in [0.717, 1.165) is 0 Å². The highest BCUT2D eigenvalue weighted by molar-refractivity contribution is 6.30. The van der Waals surface area contributed by atoms with Gasteiger partial charge in [0.25, 0.3) is 0 Å². The number of hydrogen-bond acceptors (Lipinski definition) is 8. The van der Waals surface area contributed by atoms with Gasteiger partial charge in [-0.1, -0.05) is 16.8 Å². The maximum Gasteiger partial charge on any atom is 0.316 e. The van der Waals surface area contributed by atoms with Crippen LogP contribution < -0.4 is 10.6 Å². The average Bonchev–Trinajstić information content (AvgIpc) is 3.31. The molecule has 31 heavy (non-hydrogen) atoms. The number of aromatic nitrogens is 4. The summed E-state index contributed by atoms with van der Waals surface area (Å²) in [6, 6.07) is 6.73. The van der Waals surface area contributed by atoms with E-state index in [2.05, 4.69) is 25.9 Å². The van der Waals surface area contributed by atoms with Crippen molar-refractivity contribution in [1.82, 2.24) is 30.6 Å². The van der Waals surface area contributed by atoms with E-state index in [1.165, 1.54) is 18.5 Å². The van der Waals surface area contributed by atoms with Gasteiger partial charge >= 0.3 is 17.5 Å². The highest BCUT2D eigenvalue weighted by Gasteiger charge is 2.22. The van der Waals surface area contributed by atoms with Gasteiger partial charge in [-0.25, -0.2) is 0 Å². The Balaban J connectivity index is 1.46. The number of hydrogen-bond donors (Lipinski definition) is 2. The Morgan fingerprint density at radius 1 is 1.19 bits per heavy atom. The van der Waals surface area contributed by atoms with Gasteiger partial charge in [-0.3, -0.25) is 24.4 Å². The van der Waals surface area contributed by atoms with Crippen LogP contribution in [0.4, 0.5) is 5.69 Å². The Labute approximate surface area is 180 Å². The molecule has 162 valence electrons. The minimum absolute atomic E-state index is 0.112. The molecular weight excluding hydrogens is 430 g/mol. The van der Waals surface area contributed by atoms with Crippen LogP contribution in [0, 0.1) is 24.0 Å². The number of carbonyl (C=O) groups is 2. The lowest BCUT2D eigenvalue weighted by atomic mass is 10.2.